The van der Waals surface area contributed by atoms with Gasteiger partial charge in [-0.15, -0.1) is 0 Å². The highest BCUT2D eigenvalue weighted by molar-refractivity contribution is 5.68. The number of hydrogen-bond donors (Lipinski definition) is 0. The smallest absolute Gasteiger partial charge is 0.119 e. The number of fused-ring (bicyclic) bond motifs is 1. The second kappa shape index (κ2) is 9.25. The third-order valence-electron chi connectivity index (χ3n) is 7.43. The van der Waals surface area contributed by atoms with Crippen molar-refractivity contribution in [3.63, 3.8) is 0 Å². The first kappa shape index (κ1) is 22.4. The van der Waals surface area contributed by atoms with Crippen LogP contribution in [0.4, 0.5) is 5.69 Å². The molecule has 2 fully saturated rings. The fraction of sp³-hybridized carbons (Fsp3) is 0.250. The van der Waals surface area contributed by atoms with Gasteiger partial charge in [0.05, 0.1) is 13.2 Å². The standard InChI is InChI=1S/C32H29NO4/c1-2-7-26(8-3-1)33-18-23-6-4-5-9-31(23)32(33,24-10-14-27(15-11-24)34-19-29-21-36-29)25-12-16-28(17-13-25)35-20-30-22-37-30/h1-17,29-30H,18-22H2. The minimum absolute atomic E-state index is 0.230. The lowest BCUT2D eigenvalue weighted by molar-refractivity contribution is 0.263. The van der Waals surface area contributed by atoms with E-state index < -0.39 is 5.54 Å². The third-order valence-corrected chi connectivity index (χ3v) is 7.43. The van der Waals surface area contributed by atoms with Crippen molar-refractivity contribution in [3.05, 3.63) is 125 Å². The number of anilines is 1. The fourth-order valence-corrected chi connectivity index (χ4v) is 5.42. The van der Waals surface area contributed by atoms with Gasteiger partial charge in [-0.25, -0.2) is 0 Å². The quantitative estimate of drug-likeness (QED) is 0.287. The topological polar surface area (TPSA) is 46.8 Å². The molecule has 37 heavy (non-hydrogen) atoms. The summed E-state index contributed by atoms with van der Waals surface area (Å²) in [6, 6.07) is 36.6. The molecule has 0 aliphatic carbocycles. The zero-order valence-electron chi connectivity index (χ0n) is 20.6. The zero-order chi connectivity index (χ0) is 24.7. The summed E-state index contributed by atoms with van der Waals surface area (Å²) in [7, 11) is 0. The second-order valence-electron chi connectivity index (χ2n) is 9.87. The number of benzene rings is 4. The molecule has 186 valence electrons. The SMILES string of the molecule is c1ccc(N2Cc3ccccc3C2(c2ccc(OCC3CO3)cc2)c2ccc(OCC3CO3)cc2)cc1. The molecule has 0 bridgehead atoms. The van der Waals surface area contributed by atoms with Crippen molar-refractivity contribution in [2.24, 2.45) is 0 Å². The van der Waals surface area contributed by atoms with Gasteiger partial charge < -0.3 is 23.8 Å². The third kappa shape index (κ3) is 4.24. The Morgan fingerprint density at radius 2 is 1.16 bits per heavy atom. The summed E-state index contributed by atoms with van der Waals surface area (Å²) in [4.78, 5) is 2.51. The lowest BCUT2D eigenvalue weighted by atomic mass is 9.76. The molecule has 4 aromatic rings. The molecule has 0 N–H and O–H groups in total. The maximum absolute atomic E-state index is 5.97. The van der Waals surface area contributed by atoms with E-state index in [1.165, 1.54) is 27.9 Å². The van der Waals surface area contributed by atoms with Crippen molar-refractivity contribution in [1.82, 2.24) is 0 Å². The van der Waals surface area contributed by atoms with Crippen LogP contribution in [0.15, 0.2) is 103 Å². The van der Waals surface area contributed by atoms with Crippen molar-refractivity contribution >= 4 is 5.69 Å². The van der Waals surface area contributed by atoms with Crippen molar-refractivity contribution < 1.29 is 18.9 Å². The van der Waals surface area contributed by atoms with Gasteiger partial charge in [-0.3, -0.25) is 0 Å². The van der Waals surface area contributed by atoms with Crippen molar-refractivity contribution in [1.29, 1.82) is 0 Å². The molecule has 0 spiro atoms. The van der Waals surface area contributed by atoms with E-state index in [1.54, 1.807) is 0 Å². The summed E-state index contributed by atoms with van der Waals surface area (Å²) in [6.07, 6.45) is 0.460. The minimum Gasteiger partial charge on any atom is -0.491 e. The van der Waals surface area contributed by atoms with Crippen LogP contribution in [0.5, 0.6) is 11.5 Å². The number of rotatable bonds is 9. The summed E-state index contributed by atoms with van der Waals surface area (Å²) in [5, 5.41) is 0. The molecule has 0 aromatic heterocycles. The van der Waals surface area contributed by atoms with E-state index >= 15 is 0 Å². The Morgan fingerprint density at radius 1 is 0.649 bits per heavy atom. The molecule has 2 saturated heterocycles. The van der Waals surface area contributed by atoms with E-state index in [1.807, 2.05) is 0 Å². The van der Waals surface area contributed by atoms with Gasteiger partial charge >= 0.3 is 0 Å². The largest absolute Gasteiger partial charge is 0.491 e. The van der Waals surface area contributed by atoms with Crippen LogP contribution in [-0.2, 0) is 21.6 Å². The first-order valence-corrected chi connectivity index (χ1v) is 12.9. The number of ether oxygens (including phenoxy) is 4. The van der Waals surface area contributed by atoms with Gasteiger partial charge in [0.1, 0.15) is 42.5 Å². The molecule has 5 heteroatoms. The summed E-state index contributed by atoms with van der Waals surface area (Å²) in [6.45, 7) is 3.58. The first-order chi connectivity index (χ1) is 18.3. The van der Waals surface area contributed by atoms with Crippen LogP contribution in [-0.4, -0.2) is 38.6 Å². The Bertz CT molecular complexity index is 1300. The van der Waals surface area contributed by atoms with E-state index in [2.05, 4.69) is 108 Å². The molecule has 3 aliphatic rings. The average molecular weight is 492 g/mol. The maximum Gasteiger partial charge on any atom is 0.119 e. The van der Waals surface area contributed by atoms with E-state index in [0.717, 1.165) is 31.3 Å². The first-order valence-electron chi connectivity index (χ1n) is 12.9. The van der Waals surface area contributed by atoms with Gasteiger partial charge in [-0.1, -0.05) is 66.7 Å². The van der Waals surface area contributed by atoms with Gasteiger partial charge in [0, 0.05) is 12.2 Å². The Kier molecular flexibility index (Phi) is 5.60. The zero-order valence-corrected chi connectivity index (χ0v) is 20.6. The summed E-state index contributed by atoms with van der Waals surface area (Å²) >= 11 is 0. The molecular formula is C32H29NO4. The van der Waals surface area contributed by atoms with E-state index in [-0.39, 0.29) is 12.2 Å². The van der Waals surface area contributed by atoms with Crippen LogP contribution in [0.2, 0.25) is 0 Å². The normalized spacial score (nSPS) is 23.4. The average Bonchev–Trinajstić information content (AvgIpc) is 3.90. The Balaban J connectivity index is 1.35. The molecule has 2 atom stereocenters. The van der Waals surface area contributed by atoms with Gasteiger partial charge in [-0.05, 0) is 58.7 Å². The Labute approximate surface area is 217 Å². The molecule has 5 nitrogen and oxygen atoms in total. The van der Waals surface area contributed by atoms with Crippen molar-refractivity contribution in [2.45, 2.75) is 24.3 Å². The minimum atomic E-state index is -0.506. The van der Waals surface area contributed by atoms with Crippen LogP contribution in [0.25, 0.3) is 0 Å². The van der Waals surface area contributed by atoms with Crippen molar-refractivity contribution in [2.75, 3.05) is 31.3 Å². The Hall–Kier alpha value is -3.80. The summed E-state index contributed by atoms with van der Waals surface area (Å²) in [5.74, 6) is 1.72. The van der Waals surface area contributed by atoms with Crippen LogP contribution in [0, 0.1) is 0 Å². The summed E-state index contributed by atoms with van der Waals surface area (Å²) in [5.41, 5.74) is 5.67. The molecule has 0 radical (unpaired) electrons. The molecule has 3 aliphatic heterocycles. The lowest BCUT2D eigenvalue weighted by Gasteiger charge is -2.42. The predicted octanol–water partition coefficient (Wildman–Crippen LogP) is 5.55. The predicted molar refractivity (Wildman–Crippen MR) is 142 cm³/mol. The maximum atomic E-state index is 5.97. The van der Waals surface area contributed by atoms with Crippen LogP contribution in [0.1, 0.15) is 22.3 Å². The molecule has 0 amide bonds. The van der Waals surface area contributed by atoms with Crippen LogP contribution in [0.3, 0.4) is 0 Å². The summed E-state index contributed by atoms with van der Waals surface area (Å²) < 4.78 is 22.5. The van der Waals surface area contributed by atoms with Crippen LogP contribution < -0.4 is 14.4 Å². The number of nitrogens with zero attached hydrogens (tertiary/aromatic N) is 1. The second-order valence-corrected chi connectivity index (χ2v) is 9.87. The van der Waals surface area contributed by atoms with Gasteiger partial charge in [0.15, 0.2) is 0 Å². The van der Waals surface area contributed by atoms with Crippen LogP contribution >= 0.6 is 0 Å². The molecule has 3 heterocycles. The van der Waals surface area contributed by atoms with Gasteiger partial charge in [0.2, 0.25) is 0 Å². The van der Waals surface area contributed by atoms with Gasteiger partial charge in [0.25, 0.3) is 0 Å². The highest BCUT2D eigenvalue weighted by Crippen LogP contribution is 2.51. The lowest BCUT2D eigenvalue weighted by Crippen LogP contribution is -2.43. The molecule has 0 saturated carbocycles. The van der Waals surface area contributed by atoms with Gasteiger partial charge in [-0.2, -0.15) is 0 Å². The monoisotopic (exact) mass is 491 g/mol. The Morgan fingerprint density at radius 3 is 1.70 bits per heavy atom. The fourth-order valence-electron chi connectivity index (χ4n) is 5.42. The van der Waals surface area contributed by atoms with Crippen molar-refractivity contribution in [3.8, 4) is 11.5 Å². The molecule has 2 unspecified atom stereocenters. The molecule has 4 aromatic carbocycles. The highest BCUT2D eigenvalue weighted by atomic mass is 16.6. The van der Waals surface area contributed by atoms with E-state index in [4.69, 9.17) is 18.9 Å². The number of para-hydroxylation sites is 1. The number of epoxide rings is 2. The number of hydrogen-bond acceptors (Lipinski definition) is 5. The molecule has 7 rings (SSSR count). The van der Waals surface area contributed by atoms with E-state index in [9.17, 15) is 0 Å². The molecular weight excluding hydrogens is 462 g/mol. The highest BCUT2D eigenvalue weighted by Gasteiger charge is 2.48. The van der Waals surface area contributed by atoms with E-state index in [0.29, 0.717) is 13.2 Å².